The zero-order valence-corrected chi connectivity index (χ0v) is 14.7. The molecule has 0 atom stereocenters. The van der Waals surface area contributed by atoms with Gasteiger partial charge in [0, 0.05) is 13.1 Å². The number of hydrogen-bond acceptors (Lipinski definition) is 5. The quantitative estimate of drug-likeness (QED) is 0.898. The number of halogens is 2. The van der Waals surface area contributed by atoms with Crippen LogP contribution in [0.25, 0.3) is 0 Å². The van der Waals surface area contributed by atoms with Crippen LogP contribution in [-0.4, -0.2) is 31.5 Å². The summed E-state index contributed by atoms with van der Waals surface area (Å²) >= 11 is 0. The molecular weight excluding hydrogens is 350 g/mol. The van der Waals surface area contributed by atoms with Crippen LogP contribution in [0.4, 0.5) is 20.4 Å². The molecule has 0 unspecified atom stereocenters. The molecule has 1 aliphatic heterocycles. The van der Waals surface area contributed by atoms with Crippen molar-refractivity contribution in [3.8, 4) is 0 Å². The summed E-state index contributed by atoms with van der Waals surface area (Å²) in [5.74, 6) is -1.76. The van der Waals surface area contributed by atoms with Gasteiger partial charge in [-0.15, -0.1) is 0 Å². The van der Waals surface area contributed by atoms with Gasteiger partial charge < -0.3 is 4.90 Å². The Labute approximate surface area is 145 Å². The molecule has 1 fully saturated rings. The Morgan fingerprint density at radius 2 is 1.64 bits per heavy atom. The highest BCUT2D eigenvalue weighted by atomic mass is 32.2. The van der Waals surface area contributed by atoms with Crippen molar-refractivity contribution in [3.63, 3.8) is 0 Å². The van der Waals surface area contributed by atoms with Crippen LogP contribution >= 0.6 is 0 Å². The van der Waals surface area contributed by atoms with Crippen LogP contribution in [0.3, 0.4) is 0 Å². The number of nitrogens with one attached hydrogen (secondary N) is 1. The lowest BCUT2D eigenvalue weighted by molar-refractivity contribution is 0.504. The minimum absolute atomic E-state index is 0.243. The van der Waals surface area contributed by atoms with Crippen LogP contribution in [0.15, 0.2) is 23.1 Å². The fourth-order valence-corrected chi connectivity index (χ4v) is 3.93. The largest absolute Gasteiger partial charge is 0.341 e. The summed E-state index contributed by atoms with van der Waals surface area (Å²) in [6.07, 6.45) is 2.15. The summed E-state index contributed by atoms with van der Waals surface area (Å²) in [4.78, 5) is 10.4. The maximum absolute atomic E-state index is 13.3. The third-order valence-corrected chi connectivity index (χ3v) is 5.43. The molecule has 6 nitrogen and oxygen atoms in total. The maximum atomic E-state index is 13.3. The zero-order valence-electron chi connectivity index (χ0n) is 13.9. The summed E-state index contributed by atoms with van der Waals surface area (Å²) in [5, 5.41) is 0. The van der Waals surface area contributed by atoms with E-state index >= 15 is 0 Å². The van der Waals surface area contributed by atoms with Crippen LogP contribution in [-0.2, 0) is 10.0 Å². The van der Waals surface area contributed by atoms with Gasteiger partial charge in [-0.3, -0.25) is 4.72 Å². The lowest BCUT2D eigenvalue weighted by atomic mass is 10.3. The summed E-state index contributed by atoms with van der Waals surface area (Å²) < 4.78 is 53.6. The Balaban J connectivity index is 1.92. The molecule has 0 radical (unpaired) electrons. The van der Waals surface area contributed by atoms with Crippen molar-refractivity contribution in [1.29, 1.82) is 0 Å². The van der Waals surface area contributed by atoms with Crippen LogP contribution < -0.4 is 9.62 Å². The smallest absolute Gasteiger partial charge is 0.262 e. The molecule has 0 bridgehead atoms. The molecule has 1 aliphatic rings. The Bertz CT molecular complexity index is 889. The number of rotatable bonds is 4. The van der Waals surface area contributed by atoms with E-state index in [1.807, 2.05) is 4.90 Å². The van der Waals surface area contributed by atoms with E-state index in [0.29, 0.717) is 23.4 Å². The number of hydrogen-bond donors (Lipinski definition) is 1. The summed E-state index contributed by atoms with van der Waals surface area (Å²) in [6, 6.07) is 2.42. The molecule has 25 heavy (non-hydrogen) atoms. The highest BCUT2D eigenvalue weighted by Gasteiger charge is 2.22. The third kappa shape index (κ3) is 3.55. The van der Waals surface area contributed by atoms with Gasteiger partial charge in [0.15, 0.2) is 11.6 Å². The number of benzene rings is 1. The lowest BCUT2D eigenvalue weighted by Crippen LogP contribution is -2.22. The van der Waals surface area contributed by atoms with Gasteiger partial charge >= 0.3 is 0 Å². The monoisotopic (exact) mass is 368 g/mol. The van der Waals surface area contributed by atoms with Gasteiger partial charge in [0.2, 0.25) is 5.95 Å². The third-order valence-electron chi connectivity index (χ3n) is 4.09. The Morgan fingerprint density at radius 1 is 1.04 bits per heavy atom. The number of sulfonamides is 1. The van der Waals surface area contributed by atoms with E-state index in [9.17, 15) is 17.2 Å². The van der Waals surface area contributed by atoms with Crippen molar-refractivity contribution in [3.05, 3.63) is 41.2 Å². The molecule has 1 N–H and O–H groups in total. The molecule has 0 amide bonds. The fourth-order valence-electron chi connectivity index (χ4n) is 2.74. The second-order valence-electron chi connectivity index (χ2n) is 5.94. The molecule has 0 aliphatic carbocycles. The molecule has 1 aromatic heterocycles. The first-order chi connectivity index (χ1) is 11.8. The first kappa shape index (κ1) is 17.5. The van der Waals surface area contributed by atoms with E-state index in [1.165, 1.54) is 0 Å². The summed E-state index contributed by atoms with van der Waals surface area (Å²) in [6.45, 7) is 5.10. The summed E-state index contributed by atoms with van der Waals surface area (Å²) in [7, 11) is -4.08. The standard InChI is InChI=1S/C16H18F2N4O2S/c1-10-15(11(2)20-16(19-10)22-7-3-4-8-22)21-25(23,24)12-5-6-13(17)14(18)9-12/h5-6,9,21H,3-4,7-8H2,1-2H3. The van der Waals surface area contributed by atoms with Crippen molar-refractivity contribution in [1.82, 2.24) is 9.97 Å². The molecule has 9 heteroatoms. The van der Waals surface area contributed by atoms with E-state index in [4.69, 9.17) is 0 Å². The van der Waals surface area contributed by atoms with Crippen molar-refractivity contribution < 1.29 is 17.2 Å². The minimum atomic E-state index is -4.08. The number of aryl methyl sites for hydroxylation is 2. The maximum Gasteiger partial charge on any atom is 0.262 e. The molecule has 3 rings (SSSR count). The van der Waals surface area contributed by atoms with E-state index in [2.05, 4.69) is 14.7 Å². The molecule has 2 aromatic rings. The Hall–Kier alpha value is -2.29. The predicted molar refractivity (Wildman–Crippen MR) is 90.1 cm³/mol. The Morgan fingerprint density at radius 3 is 2.20 bits per heavy atom. The normalized spacial score (nSPS) is 14.8. The Kier molecular flexibility index (Phi) is 4.59. The first-order valence-electron chi connectivity index (χ1n) is 7.86. The molecule has 1 saturated heterocycles. The van der Waals surface area contributed by atoms with Crippen LogP contribution in [0, 0.1) is 25.5 Å². The lowest BCUT2D eigenvalue weighted by Gasteiger charge is -2.19. The second kappa shape index (κ2) is 6.55. The first-order valence-corrected chi connectivity index (χ1v) is 9.34. The number of aromatic nitrogens is 2. The topological polar surface area (TPSA) is 75.2 Å². The second-order valence-corrected chi connectivity index (χ2v) is 7.63. The molecule has 2 heterocycles. The van der Waals surface area contributed by atoms with Crippen LogP contribution in [0.1, 0.15) is 24.2 Å². The van der Waals surface area contributed by atoms with E-state index in [-0.39, 0.29) is 10.6 Å². The van der Waals surface area contributed by atoms with Gasteiger partial charge in [-0.25, -0.2) is 27.2 Å². The number of anilines is 2. The van der Waals surface area contributed by atoms with Gasteiger partial charge in [0.25, 0.3) is 10.0 Å². The highest BCUT2D eigenvalue weighted by Crippen LogP contribution is 2.25. The van der Waals surface area contributed by atoms with Gasteiger partial charge in [0.1, 0.15) is 0 Å². The average molecular weight is 368 g/mol. The summed E-state index contributed by atoms with van der Waals surface area (Å²) in [5.41, 5.74) is 1.19. The average Bonchev–Trinajstić information content (AvgIpc) is 3.07. The molecule has 0 spiro atoms. The van der Waals surface area contributed by atoms with Gasteiger partial charge in [0.05, 0.1) is 22.0 Å². The van der Waals surface area contributed by atoms with Crippen molar-refractivity contribution in [2.75, 3.05) is 22.7 Å². The van der Waals surface area contributed by atoms with Gasteiger partial charge in [-0.2, -0.15) is 0 Å². The molecular formula is C16H18F2N4O2S. The van der Waals surface area contributed by atoms with Crippen molar-refractivity contribution in [2.45, 2.75) is 31.6 Å². The highest BCUT2D eigenvalue weighted by molar-refractivity contribution is 7.92. The molecule has 134 valence electrons. The molecule has 0 saturated carbocycles. The van der Waals surface area contributed by atoms with Gasteiger partial charge in [-0.1, -0.05) is 0 Å². The SMILES string of the molecule is Cc1nc(N2CCCC2)nc(C)c1NS(=O)(=O)c1ccc(F)c(F)c1. The van der Waals surface area contributed by atoms with Crippen LogP contribution in [0.2, 0.25) is 0 Å². The predicted octanol–water partition coefficient (Wildman–Crippen LogP) is 2.77. The van der Waals surface area contributed by atoms with Crippen LogP contribution in [0.5, 0.6) is 0 Å². The van der Waals surface area contributed by atoms with Crippen molar-refractivity contribution in [2.24, 2.45) is 0 Å². The zero-order chi connectivity index (χ0) is 18.2. The number of nitrogens with zero attached hydrogens (tertiary/aromatic N) is 3. The fraction of sp³-hybridized carbons (Fsp3) is 0.375. The molecule has 1 aromatic carbocycles. The van der Waals surface area contributed by atoms with E-state index in [1.54, 1.807) is 13.8 Å². The van der Waals surface area contributed by atoms with E-state index < -0.39 is 21.7 Å². The van der Waals surface area contributed by atoms with Crippen molar-refractivity contribution >= 4 is 21.7 Å². The van der Waals surface area contributed by atoms with E-state index in [0.717, 1.165) is 38.1 Å². The minimum Gasteiger partial charge on any atom is -0.341 e. The van der Waals surface area contributed by atoms with Gasteiger partial charge in [-0.05, 0) is 44.9 Å².